The van der Waals surface area contributed by atoms with Gasteiger partial charge in [-0.1, -0.05) is 18.2 Å². The topological polar surface area (TPSA) is 114 Å². The second-order valence-corrected chi connectivity index (χ2v) is 8.01. The summed E-state index contributed by atoms with van der Waals surface area (Å²) in [6.45, 7) is 2.27. The second kappa shape index (κ2) is 9.14. The number of hydrogen-bond donors (Lipinski definition) is 3. The summed E-state index contributed by atoms with van der Waals surface area (Å²) in [5.41, 5.74) is 6.93. The molecule has 0 saturated carbocycles. The third kappa shape index (κ3) is 6.28. The fourth-order valence-corrected chi connectivity index (χ4v) is 3.55. The van der Waals surface area contributed by atoms with Crippen molar-refractivity contribution in [2.75, 3.05) is 17.5 Å². The lowest BCUT2D eigenvalue weighted by molar-refractivity contribution is 0.0935. The third-order valence-electron chi connectivity index (χ3n) is 3.21. The van der Waals surface area contributed by atoms with E-state index in [2.05, 4.69) is 15.0 Å². The summed E-state index contributed by atoms with van der Waals surface area (Å²) in [5.74, 6) is -0.309. The molecule has 0 bridgehead atoms. The molecule has 2 rings (SSSR count). The Hall–Kier alpha value is -1.68. The van der Waals surface area contributed by atoms with Crippen molar-refractivity contribution >= 4 is 45.4 Å². The minimum absolute atomic E-state index is 0. The van der Waals surface area contributed by atoms with Crippen LogP contribution in [0.25, 0.3) is 0 Å². The van der Waals surface area contributed by atoms with E-state index in [1.165, 1.54) is 11.3 Å². The first-order chi connectivity index (χ1) is 11.3. The number of thiazole rings is 1. The van der Waals surface area contributed by atoms with Gasteiger partial charge in [0.2, 0.25) is 10.0 Å². The summed E-state index contributed by atoms with van der Waals surface area (Å²) >= 11 is 1.39. The van der Waals surface area contributed by atoms with Gasteiger partial charge in [0.15, 0.2) is 0 Å². The molecule has 1 atom stereocenters. The molecule has 7 nitrogen and oxygen atoms in total. The van der Waals surface area contributed by atoms with Crippen molar-refractivity contribution in [3.8, 4) is 0 Å². The number of rotatable bonds is 7. The Morgan fingerprint density at radius 1 is 1.36 bits per heavy atom. The molecule has 0 spiro atoms. The maximum Gasteiger partial charge on any atom is 0.271 e. The normalized spacial score (nSPS) is 12.1. The highest BCUT2D eigenvalue weighted by Crippen LogP contribution is 2.23. The lowest BCUT2D eigenvalue weighted by Crippen LogP contribution is -2.28. The molecule has 138 valence electrons. The molecular formula is C15H21ClN4O3S2. The van der Waals surface area contributed by atoms with Gasteiger partial charge in [-0.05, 0) is 25.1 Å². The Morgan fingerprint density at radius 3 is 2.68 bits per heavy atom. The van der Waals surface area contributed by atoms with Crippen molar-refractivity contribution in [1.82, 2.24) is 10.3 Å². The molecule has 0 aliphatic heterocycles. The highest BCUT2D eigenvalue weighted by atomic mass is 35.5. The van der Waals surface area contributed by atoms with Crippen molar-refractivity contribution in [3.05, 3.63) is 45.9 Å². The molecule has 2 aromatic rings. The molecule has 0 saturated heterocycles. The molecule has 25 heavy (non-hydrogen) atoms. The smallest absolute Gasteiger partial charge is 0.271 e. The molecule has 0 fully saturated rings. The number of amides is 1. The number of benzene rings is 1. The first-order valence-electron chi connectivity index (χ1n) is 7.32. The van der Waals surface area contributed by atoms with Gasteiger partial charge in [0.1, 0.15) is 5.69 Å². The van der Waals surface area contributed by atoms with Crippen LogP contribution < -0.4 is 15.8 Å². The van der Waals surface area contributed by atoms with Crippen molar-refractivity contribution in [2.24, 2.45) is 5.73 Å². The molecular weight excluding hydrogens is 384 g/mol. The number of sulfonamides is 1. The van der Waals surface area contributed by atoms with Crippen molar-refractivity contribution < 1.29 is 13.2 Å². The number of nitrogens with two attached hydrogens (primary N) is 1. The van der Waals surface area contributed by atoms with Crippen molar-refractivity contribution in [1.29, 1.82) is 0 Å². The van der Waals surface area contributed by atoms with Gasteiger partial charge in [-0.25, -0.2) is 13.4 Å². The van der Waals surface area contributed by atoms with Crippen molar-refractivity contribution in [3.63, 3.8) is 0 Å². The van der Waals surface area contributed by atoms with E-state index in [0.29, 0.717) is 29.9 Å². The fraction of sp³-hybridized carbons (Fsp3) is 0.333. The molecule has 1 unspecified atom stereocenters. The second-order valence-electron chi connectivity index (χ2n) is 5.32. The largest absolute Gasteiger partial charge is 0.344 e. The van der Waals surface area contributed by atoms with Crippen LogP contribution in [0, 0.1) is 0 Å². The molecule has 10 heteroatoms. The summed E-state index contributed by atoms with van der Waals surface area (Å²) < 4.78 is 25.4. The van der Waals surface area contributed by atoms with Gasteiger partial charge in [0.05, 0.1) is 23.0 Å². The van der Waals surface area contributed by atoms with Crippen LogP contribution in [-0.4, -0.2) is 32.1 Å². The molecule has 4 N–H and O–H groups in total. The van der Waals surface area contributed by atoms with E-state index >= 15 is 0 Å². The van der Waals surface area contributed by atoms with E-state index < -0.39 is 10.0 Å². The number of para-hydroxylation sites is 1. The van der Waals surface area contributed by atoms with Crippen LogP contribution in [0.3, 0.4) is 0 Å². The number of carbonyl (C=O) groups is 1. The van der Waals surface area contributed by atoms with E-state index in [-0.39, 0.29) is 24.4 Å². The summed E-state index contributed by atoms with van der Waals surface area (Å²) in [6.07, 6.45) is 1.72. The lowest BCUT2D eigenvalue weighted by atomic mass is 10.1. The standard InChI is InChI=1S/C15H20N4O3S2.ClH/c1-10(11-5-3-4-6-12(11)19-24(2,21)22)17-15(20)13-9-23-14(18-13)7-8-16;/h3-6,9-10,19H,7-8,16H2,1-2H3,(H,17,20);1H. The zero-order valence-corrected chi connectivity index (χ0v) is 16.3. The van der Waals surface area contributed by atoms with Crippen LogP contribution >= 0.6 is 23.7 Å². The Kier molecular flexibility index (Phi) is 7.81. The average molecular weight is 405 g/mol. The van der Waals surface area contributed by atoms with Crippen LogP contribution in [0.4, 0.5) is 5.69 Å². The van der Waals surface area contributed by atoms with Crippen LogP contribution in [0.1, 0.15) is 34.0 Å². The number of carbonyl (C=O) groups excluding carboxylic acids is 1. The summed E-state index contributed by atoms with van der Waals surface area (Å²) in [4.78, 5) is 16.5. The molecule has 0 aliphatic carbocycles. The zero-order chi connectivity index (χ0) is 17.7. The van der Waals surface area contributed by atoms with Crippen LogP contribution in [0.15, 0.2) is 29.6 Å². The van der Waals surface area contributed by atoms with Crippen LogP contribution in [0.2, 0.25) is 0 Å². The number of anilines is 1. The van der Waals surface area contributed by atoms with Gasteiger partial charge < -0.3 is 11.1 Å². The van der Waals surface area contributed by atoms with Gasteiger partial charge in [-0.2, -0.15) is 0 Å². The van der Waals surface area contributed by atoms with E-state index in [1.807, 2.05) is 0 Å². The van der Waals surface area contributed by atoms with Gasteiger partial charge in [-0.3, -0.25) is 9.52 Å². The number of nitrogens with zero attached hydrogens (tertiary/aromatic N) is 1. The first kappa shape index (κ1) is 21.4. The Bertz CT molecular complexity index is 824. The number of halogens is 1. The molecule has 0 radical (unpaired) electrons. The molecule has 0 aliphatic rings. The SMILES string of the molecule is CC(NC(=O)c1csc(CCN)n1)c1ccccc1NS(C)(=O)=O.Cl. The highest BCUT2D eigenvalue weighted by Gasteiger charge is 2.17. The predicted molar refractivity (Wildman–Crippen MR) is 103 cm³/mol. The Morgan fingerprint density at radius 2 is 2.04 bits per heavy atom. The number of nitrogens with one attached hydrogen (secondary N) is 2. The molecule has 1 heterocycles. The maximum atomic E-state index is 12.3. The minimum Gasteiger partial charge on any atom is -0.344 e. The minimum atomic E-state index is -3.40. The van der Waals surface area contributed by atoms with Crippen LogP contribution in [-0.2, 0) is 16.4 Å². The Balaban J connectivity index is 0.00000312. The van der Waals surface area contributed by atoms with E-state index in [4.69, 9.17) is 5.73 Å². The van der Waals surface area contributed by atoms with Crippen LogP contribution in [0.5, 0.6) is 0 Å². The van der Waals surface area contributed by atoms with Gasteiger partial charge in [0.25, 0.3) is 5.91 Å². The van der Waals surface area contributed by atoms with Gasteiger partial charge in [0, 0.05) is 11.8 Å². The van der Waals surface area contributed by atoms with E-state index in [0.717, 1.165) is 11.3 Å². The summed E-state index contributed by atoms with van der Waals surface area (Å²) in [7, 11) is -3.40. The molecule has 1 aromatic carbocycles. The first-order valence-corrected chi connectivity index (χ1v) is 10.1. The zero-order valence-electron chi connectivity index (χ0n) is 13.9. The fourth-order valence-electron chi connectivity index (χ4n) is 2.17. The monoisotopic (exact) mass is 404 g/mol. The van der Waals surface area contributed by atoms with E-state index in [9.17, 15) is 13.2 Å². The quantitative estimate of drug-likeness (QED) is 0.652. The summed E-state index contributed by atoms with van der Waals surface area (Å²) in [6, 6.07) is 6.54. The predicted octanol–water partition coefficient (Wildman–Crippen LogP) is 1.93. The maximum absolute atomic E-state index is 12.3. The lowest BCUT2D eigenvalue weighted by Gasteiger charge is -2.18. The third-order valence-corrected chi connectivity index (χ3v) is 4.71. The average Bonchev–Trinajstić information content (AvgIpc) is 2.95. The summed E-state index contributed by atoms with van der Waals surface area (Å²) in [5, 5.41) is 5.34. The molecule has 1 amide bonds. The Labute approximate surface area is 157 Å². The van der Waals surface area contributed by atoms with Gasteiger partial charge >= 0.3 is 0 Å². The number of aromatic nitrogens is 1. The van der Waals surface area contributed by atoms with Gasteiger partial charge in [-0.15, -0.1) is 23.7 Å². The molecule has 1 aromatic heterocycles. The number of hydrogen-bond acceptors (Lipinski definition) is 6. The van der Waals surface area contributed by atoms with Crippen molar-refractivity contribution in [2.45, 2.75) is 19.4 Å². The van der Waals surface area contributed by atoms with E-state index in [1.54, 1.807) is 36.6 Å². The highest BCUT2D eigenvalue weighted by molar-refractivity contribution is 7.92.